The molecule has 1 heterocycles. The maximum atomic E-state index is 11.1. The fraction of sp³-hybridized carbons (Fsp3) is 0.727. The van der Waals surface area contributed by atoms with Crippen LogP contribution in [0.4, 0.5) is 11.5 Å². The van der Waals surface area contributed by atoms with Gasteiger partial charge in [0.1, 0.15) is 5.69 Å². The number of aromatic nitrogens is 2. The monoisotopic (exact) mass is 256 g/mol. The number of anilines is 1. The number of aliphatic hydroxyl groups excluding tert-OH is 1. The summed E-state index contributed by atoms with van der Waals surface area (Å²) in [6.45, 7) is 6.03. The van der Waals surface area contributed by atoms with Crippen LogP contribution in [0, 0.1) is 15.5 Å². The van der Waals surface area contributed by atoms with E-state index in [0.29, 0.717) is 24.5 Å². The van der Waals surface area contributed by atoms with Crippen molar-refractivity contribution in [3.05, 3.63) is 15.8 Å². The van der Waals surface area contributed by atoms with Crippen LogP contribution in [0.3, 0.4) is 0 Å². The molecule has 0 aliphatic rings. The van der Waals surface area contributed by atoms with Gasteiger partial charge in [0.15, 0.2) is 0 Å². The zero-order valence-corrected chi connectivity index (χ0v) is 11.2. The topological polar surface area (TPSA) is 93.2 Å². The third-order valence-corrected chi connectivity index (χ3v) is 2.77. The highest BCUT2D eigenvalue weighted by Gasteiger charge is 2.27. The number of hydrogen-bond donors (Lipinski definition) is 2. The van der Waals surface area contributed by atoms with Crippen molar-refractivity contribution >= 4 is 11.5 Å². The molecule has 7 heteroatoms. The van der Waals surface area contributed by atoms with E-state index in [-0.39, 0.29) is 17.7 Å². The smallest absolute Gasteiger partial charge is 0.333 e. The van der Waals surface area contributed by atoms with Gasteiger partial charge in [-0.05, 0) is 6.42 Å². The summed E-state index contributed by atoms with van der Waals surface area (Å²) in [6, 6.07) is 0. The van der Waals surface area contributed by atoms with Crippen molar-refractivity contribution in [3.63, 3.8) is 0 Å². The van der Waals surface area contributed by atoms with Crippen LogP contribution in [-0.4, -0.2) is 33.0 Å². The van der Waals surface area contributed by atoms with Gasteiger partial charge in [-0.15, -0.1) is 0 Å². The normalized spacial score (nSPS) is 11.6. The third kappa shape index (κ3) is 2.98. The highest BCUT2D eigenvalue weighted by atomic mass is 16.6. The van der Waals surface area contributed by atoms with Crippen molar-refractivity contribution in [3.8, 4) is 0 Å². The molecule has 0 radical (unpaired) electrons. The van der Waals surface area contributed by atoms with E-state index in [1.165, 1.54) is 4.68 Å². The summed E-state index contributed by atoms with van der Waals surface area (Å²) < 4.78 is 1.48. The third-order valence-electron chi connectivity index (χ3n) is 2.77. The molecule has 0 bridgehead atoms. The fourth-order valence-electron chi connectivity index (χ4n) is 1.58. The predicted octanol–water partition coefficient (Wildman–Crippen LogP) is 1.32. The van der Waals surface area contributed by atoms with Crippen LogP contribution < -0.4 is 5.32 Å². The van der Waals surface area contributed by atoms with Gasteiger partial charge in [-0.25, -0.2) is 4.68 Å². The lowest BCUT2D eigenvalue weighted by Gasteiger charge is -2.22. The van der Waals surface area contributed by atoms with Crippen molar-refractivity contribution in [2.24, 2.45) is 12.5 Å². The molecule has 0 fully saturated rings. The van der Waals surface area contributed by atoms with Gasteiger partial charge in [0, 0.05) is 25.6 Å². The Balaban J connectivity index is 3.01. The van der Waals surface area contributed by atoms with E-state index < -0.39 is 4.92 Å². The molecule has 18 heavy (non-hydrogen) atoms. The predicted molar refractivity (Wildman–Crippen MR) is 68.6 cm³/mol. The van der Waals surface area contributed by atoms with Crippen LogP contribution in [0.1, 0.15) is 26.5 Å². The molecule has 0 spiro atoms. The highest BCUT2D eigenvalue weighted by molar-refractivity contribution is 5.59. The van der Waals surface area contributed by atoms with Crippen LogP contribution in [0.15, 0.2) is 0 Å². The second-order valence-corrected chi connectivity index (χ2v) is 5.05. The van der Waals surface area contributed by atoms with E-state index in [1.807, 2.05) is 20.8 Å². The lowest BCUT2D eigenvalue weighted by Crippen LogP contribution is -2.27. The summed E-state index contributed by atoms with van der Waals surface area (Å²) in [5.41, 5.74) is 0.144. The van der Waals surface area contributed by atoms with Crippen molar-refractivity contribution < 1.29 is 10.0 Å². The van der Waals surface area contributed by atoms with Gasteiger partial charge in [-0.2, -0.15) is 5.10 Å². The first-order valence-electron chi connectivity index (χ1n) is 5.87. The summed E-state index contributed by atoms with van der Waals surface area (Å²) >= 11 is 0. The number of aryl methyl sites for hydroxylation is 2. The van der Waals surface area contributed by atoms with E-state index in [2.05, 4.69) is 10.4 Å². The molecule has 0 saturated heterocycles. The number of nitro groups is 1. The molecule has 2 N–H and O–H groups in total. The molecule has 0 aliphatic carbocycles. The second kappa shape index (κ2) is 5.34. The summed E-state index contributed by atoms with van der Waals surface area (Å²) in [5.74, 6) is 0.387. The minimum Gasteiger partial charge on any atom is -0.396 e. The molecule has 1 aromatic heterocycles. The Morgan fingerprint density at radius 2 is 2.17 bits per heavy atom. The van der Waals surface area contributed by atoms with E-state index in [1.54, 1.807) is 7.05 Å². The Morgan fingerprint density at radius 3 is 2.61 bits per heavy atom. The Bertz CT molecular complexity index is 440. The molecule has 0 atom stereocenters. The van der Waals surface area contributed by atoms with Gasteiger partial charge in [0.2, 0.25) is 5.82 Å². The average Bonchev–Trinajstić information content (AvgIpc) is 2.63. The molecule has 0 amide bonds. The Kier molecular flexibility index (Phi) is 4.28. The lowest BCUT2D eigenvalue weighted by molar-refractivity contribution is -0.384. The van der Waals surface area contributed by atoms with Gasteiger partial charge >= 0.3 is 5.69 Å². The fourth-order valence-corrected chi connectivity index (χ4v) is 1.58. The minimum atomic E-state index is -0.417. The number of aliphatic hydroxyl groups is 1. The van der Waals surface area contributed by atoms with Gasteiger partial charge < -0.3 is 10.4 Å². The molecule has 0 aromatic carbocycles. The van der Waals surface area contributed by atoms with Crippen LogP contribution >= 0.6 is 0 Å². The van der Waals surface area contributed by atoms with Crippen molar-refractivity contribution in [1.29, 1.82) is 0 Å². The van der Waals surface area contributed by atoms with Gasteiger partial charge in [0.05, 0.1) is 4.92 Å². The largest absolute Gasteiger partial charge is 0.396 e. The molecule has 7 nitrogen and oxygen atoms in total. The van der Waals surface area contributed by atoms with Crippen LogP contribution in [0.2, 0.25) is 0 Å². The quantitative estimate of drug-likeness (QED) is 0.591. The molecule has 0 aliphatic heterocycles. The van der Waals surface area contributed by atoms with Gasteiger partial charge in [-0.3, -0.25) is 10.1 Å². The van der Waals surface area contributed by atoms with Crippen molar-refractivity contribution in [2.45, 2.75) is 27.2 Å². The van der Waals surface area contributed by atoms with E-state index in [0.717, 1.165) is 0 Å². The average molecular weight is 256 g/mol. The minimum absolute atomic E-state index is 0.00623. The Labute approximate surface area is 106 Å². The first-order valence-corrected chi connectivity index (χ1v) is 5.87. The number of nitrogens with zero attached hydrogens (tertiary/aromatic N) is 3. The van der Waals surface area contributed by atoms with E-state index in [9.17, 15) is 15.2 Å². The Morgan fingerprint density at radius 1 is 1.56 bits per heavy atom. The zero-order chi connectivity index (χ0) is 13.9. The van der Waals surface area contributed by atoms with Crippen LogP contribution in [0.25, 0.3) is 0 Å². The molecule has 0 saturated carbocycles. The Hall–Kier alpha value is -1.63. The standard InChI is InChI=1S/C11H20N4O3/c1-5-8-9(15(17)18)10(14(4)13-8)12-6-11(2,3)7-16/h12,16H,5-7H2,1-4H3. The van der Waals surface area contributed by atoms with Crippen LogP contribution in [-0.2, 0) is 13.5 Å². The summed E-state index contributed by atoms with van der Waals surface area (Å²) in [6.07, 6.45) is 0.509. The first-order chi connectivity index (χ1) is 8.32. The molecular weight excluding hydrogens is 236 g/mol. The van der Waals surface area contributed by atoms with Crippen molar-refractivity contribution in [2.75, 3.05) is 18.5 Å². The zero-order valence-electron chi connectivity index (χ0n) is 11.2. The summed E-state index contributed by atoms with van der Waals surface area (Å²) in [5, 5.41) is 27.4. The SMILES string of the molecule is CCc1nn(C)c(NCC(C)(C)CO)c1[N+](=O)[O-]. The van der Waals surface area contributed by atoms with Gasteiger partial charge in [0.25, 0.3) is 0 Å². The lowest BCUT2D eigenvalue weighted by atomic mass is 9.95. The summed E-state index contributed by atoms with van der Waals surface area (Å²) in [7, 11) is 1.67. The number of nitrogens with one attached hydrogen (secondary N) is 1. The molecule has 0 unspecified atom stereocenters. The van der Waals surface area contributed by atoms with E-state index in [4.69, 9.17) is 0 Å². The molecular formula is C11H20N4O3. The number of hydrogen-bond acceptors (Lipinski definition) is 5. The van der Waals surface area contributed by atoms with Gasteiger partial charge in [-0.1, -0.05) is 20.8 Å². The molecule has 1 rings (SSSR count). The maximum absolute atomic E-state index is 11.1. The van der Waals surface area contributed by atoms with E-state index >= 15 is 0 Å². The number of rotatable bonds is 6. The van der Waals surface area contributed by atoms with Crippen LogP contribution in [0.5, 0.6) is 0 Å². The molecule has 102 valence electrons. The highest BCUT2D eigenvalue weighted by Crippen LogP contribution is 2.29. The maximum Gasteiger partial charge on any atom is 0.333 e. The first kappa shape index (κ1) is 14.4. The molecule has 1 aromatic rings. The second-order valence-electron chi connectivity index (χ2n) is 5.05. The summed E-state index contributed by atoms with van der Waals surface area (Å²) in [4.78, 5) is 10.7. The van der Waals surface area contributed by atoms with Crippen molar-refractivity contribution in [1.82, 2.24) is 9.78 Å².